The summed E-state index contributed by atoms with van der Waals surface area (Å²) in [5.41, 5.74) is 2.26. The Hall–Kier alpha value is -2.13. The van der Waals surface area contributed by atoms with E-state index in [-0.39, 0.29) is 4.68 Å². The van der Waals surface area contributed by atoms with E-state index < -0.39 is 6.30 Å². The molecule has 1 saturated heterocycles. The van der Waals surface area contributed by atoms with Crippen molar-refractivity contribution in [1.29, 1.82) is 0 Å². The fourth-order valence-electron chi connectivity index (χ4n) is 5.45. The van der Waals surface area contributed by atoms with Gasteiger partial charge in [0.25, 0.3) is 0 Å². The van der Waals surface area contributed by atoms with Crippen LogP contribution < -0.4 is 0 Å². The zero-order chi connectivity index (χ0) is 21.6. The smallest absolute Gasteiger partial charge is 0.346 e. The summed E-state index contributed by atoms with van der Waals surface area (Å²) in [6.45, 7) is 4.63. The van der Waals surface area contributed by atoms with Crippen LogP contribution in [0.2, 0.25) is 0 Å². The maximum Gasteiger partial charge on any atom is 0.504 e. The van der Waals surface area contributed by atoms with Crippen LogP contribution in [0, 0.1) is 11.8 Å². The van der Waals surface area contributed by atoms with Crippen molar-refractivity contribution in [3.05, 3.63) is 24.2 Å². The molecule has 1 N–H and O–H groups in total. The number of fused-ring (bicyclic) bond motifs is 1. The second-order valence-electron chi connectivity index (χ2n) is 9.22. The Morgan fingerprint density at radius 1 is 1.06 bits per heavy atom. The second kappa shape index (κ2) is 8.09. The number of halogens is 3. The molecule has 2 aromatic rings. The first-order valence-electron chi connectivity index (χ1n) is 11.2. The average Bonchev–Trinajstić information content (AvgIpc) is 3.41. The molecular weight excluding hydrogens is 405 g/mol. The number of aromatic amines is 1. The van der Waals surface area contributed by atoms with Crippen molar-refractivity contribution in [3.8, 4) is 11.1 Å². The van der Waals surface area contributed by atoms with Gasteiger partial charge in [-0.2, -0.15) is 9.78 Å². The first-order chi connectivity index (χ1) is 14.9. The lowest BCUT2D eigenvalue weighted by atomic mass is 9.75. The Balaban J connectivity index is 1.24. The summed E-state index contributed by atoms with van der Waals surface area (Å²) in [4.78, 5) is 12.8. The minimum absolute atomic E-state index is 0.0605. The van der Waals surface area contributed by atoms with Crippen LogP contribution in [-0.2, 0) is 12.7 Å². The fraction of sp³-hybridized carbons (Fsp3) is 0.636. The normalized spacial score (nSPS) is 28.1. The molecular formula is C22H29F3N6. The van der Waals surface area contributed by atoms with Crippen molar-refractivity contribution < 1.29 is 13.2 Å². The van der Waals surface area contributed by atoms with Crippen LogP contribution in [0.3, 0.4) is 0 Å². The van der Waals surface area contributed by atoms with E-state index in [2.05, 4.69) is 38.1 Å². The maximum atomic E-state index is 12.9. The van der Waals surface area contributed by atoms with Crippen molar-refractivity contribution in [2.75, 3.05) is 33.2 Å². The molecule has 1 atom stereocenters. The first-order valence-corrected chi connectivity index (χ1v) is 11.2. The Labute approximate surface area is 180 Å². The van der Waals surface area contributed by atoms with Crippen LogP contribution >= 0.6 is 0 Å². The van der Waals surface area contributed by atoms with Crippen LogP contribution in [0.5, 0.6) is 0 Å². The topological polar surface area (TPSA) is 52.4 Å². The molecule has 1 aliphatic carbocycles. The number of nitrogens with one attached hydrogen (secondary N) is 1. The highest BCUT2D eigenvalue weighted by atomic mass is 19.4. The van der Waals surface area contributed by atoms with Gasteiger partial charge in [0.15, 0.2) is 0 Å². The molecule has 31 heavy (non-hydrogen) atoms. The van der Waals surface area contributed by atoms with Gasteiger partial charge in [-0.1, -0.05) is 0 Å². The van der Waals surface area contributed by atoms with E-state index in [0.717, 1.165) is 42.7 Å². The van der Waals surface area contributed by atoms with E-state index in [0.29, 0.717) is 23.4 Å². The van der Waals surface area contributed by atoms with Crippen LogP contribution in [0.1, 0.15) is 31.2 Å². The van der Waals surface area contributed by atoms with E-state index in [9.17, 15) is 13.2 Å². The molecule has 168 valence electrons. The van der Waals surface area contributed by atoms with E-state index in [1.807, 2.05) is 0 Å². The van der Waals surface area contributed by atoms with Gasteiger partial charge in [-0.25, -0.2) is 4.99 Å². The molecule has 0 spiro atoms. The fourth-order valence-corrected chi connectivity index (χ4v) is 5.45. The molecule has 2 aliphatic heterocycles. The van der Waals surface area contributed by atoms with Crippen molar-refractivity contribution in [2.45, 2.75) is 44.4 Å². The van der Waals surface area contributed by atoms with Gasteiger partial charge in [0.1, 0.15) is 5.82 Å². The van der Waals surface area contributed by atoms with E-state index in [1.54, 1.807) is 6.20 Å². The van der Waals surface area contributed by atoms with Crippen LogP contribution in [-0.4, -0.2) is 70.0 Å². The Morgan fingerprint density at radius 2 is 1.81 bits per heavy atom. The number of piperazine rings is 1. The lowest BCUT2D eigenvalue weighted by Crippen LogP contribution is -2.50. The van der Waals surface area contributed by atoms with E-state index in [1.165, 1.54) is 45.0 Å². The summed E-state index contributed by atoms with van der Waals surface area (Å²) in [5.74, 6) is 1.69. The SMILES string of the molecule is CN1CCN(C2CCC(C3C=Nc4[nH]cc(-c5cnn(C(F)(F)F)c5)c4C3)CC2)CC1. The van der Waals surface area contributed by atoms with E-state index >= 15 is 0 Å². The zero-order valence-electron chi connectivity index (χ0n) is 17.8. The molecule has 1 unspecified atom stereocenters. The number of aromatic nitrogens is 3. The number of hydrogen-bond donors (Lipinski definition) is 1. The van der Waals surface area contributed by atoms with Gasteiger partial charge in [-0.3, -0.25) is 4.90 Å². The van der Waals surface area contributed by atoms with Gasteiger partial charge >= 0.3 is 6.30 Å². The van der Waals surface area contributed by atoms with E-state index in [4.69, 9.17) is 0 Å². The number of likely N-dealkylation sites (N-methyl/N-ethyl adjacent to an activating group) is 1. The third-order valence-corrected chi connectivity index (χ3v) is 7.35. The molecule has 2 aromatic heterocycles. The summed E-state index contributed by atoms with van der Waals surface area (Å²) in [5, 5.41) is 3.49. The van der Waals surface area contributed by atoms with Gasteiger partial charge < -0.3 is 9.88 Å². The summed E-state index contributed by atoms with van der Waals surface area (Å²) < 4.78 is 38.9. The average molecular weight is 435 g/mol. The monoisotopic (exact) mass is 434 g/mol. The predicted octanol–water partition coefficient (Wildman–Crippen LogP) is 4.04. The summed E-state index contributed by atoms with van der Waals surface area (Å²) >= 11 is 0. The third-order valence-electron chi connectivity index (χ3n) is 7.35. The highest BCUT2D eigenvalue weighted by Gasteiger charge is 2.34. The molecule has 2 fully saturated rings. The zero-order valence-corrected chi connectivity index (χ0v) is 17.8. The van der Waals surface area contributed by atoms with Crippen molar-refractivity contribution in [3.63, 3.8) is 0 Å². The minimum Gasteiger partial charge on any atom is -0.346 e. The first kappa shape index (κ1) is 20.8. The number of hydrogen-bond acceptors (Lipinski definition) is 4. The summed E-state index contributed by atoms with van der Waals surface area (Å²) in [6.07, 6.45) is 7.30. The van der Waals surface area contributed by atoms with Crippen LogP contribution in [0.15, 0.2) is 23.6 Å². The highest BCUT2D eigenvalue weighted by molar-refractivity contribution is 5.78. The molecule has 5 rings (SSSR count). The molecule has 0 bridgehead atoms. The van der Waals surface area contributed by atoms with Gasteiger partial charge in [-0.15, -0.1) is 13.2 Å². The number of alkyl halides is 3. The standard InChI is InChI=1S/C22H29F3N6/c1-29-6-8-30(9-7-29)18-4-2-15(3-5-18)16-10-19-20(13-27-21(19)26-11-16)17-12-28-31(14-17)22(23,24)25/h11-16,18,27H,2-10H2,1H3. The summed E-state index contributed by atoms with van der Waals surface area (Å²) in [7, 11) is 2.19. The van der Waals surface area contributed by atoms with Crippen LogP contribution in [0.4, 0.5) is 19.0 Å². The van der Waals surface area contributed by atoms with Crippen LogP contribution in [0.25, 0.3) is 11.1 Å². The highest BCUT2D eigenvalue weighted by Crippen LogP contribution is 2.40. The maximum absolute atomic E-state index is 12.9. The number of rotatable bonds is 3. The van der Waals surface area contributed by atoms with Crippen molar-refractivity contribution in [1.82, 2.24) is 24.6 Å². The molecule has 9 heteroatoms. The molecule has 0 aromatic carbocycles. The molecule has 3 aliphatic rings. The quantitative estimate of drug-likeness (QED) is 0.794. The Morgan fingerprint density at radius 3 is 2.48 bits per heavy atom. The number of nitrogens with zero attached hydrogens (tertiary/aromatic N) is 5. The largest absolute Gasteiger partial charge is 0.504 e. The third kappa shape index (κ3) is 4.17. The van der Waals surface area contributed by atoms with Gasteiger partial charge in [-0.05, 0) is 45.1 Å². The Kier molecular flexibility index (Phi) is 5.42. The molecule has 0 amide bonds. The minimum atomic E-state index is -4.50. The van der Waals surface area contributed by atoms with Gasteiger partial charge in [0.05, 0.1) is 6.20 Å². The molecule has 6 nitrogen and oxygen atoms in total. The van der Waals surface area contributed by atoms with Crippen molar-refractivity contribution >= 4 is 12.0 Å². The number of H-pyrrole nitrogens is 1. The number of aliphatic imine (C=N–C) groups is 1. The predicted molar refractivity (Wildman–Crippen MR) is 113 cm³/mol. The lowest BCUT2D eigenvalue weighted by Gasteiger charge is -2.42. The second-order valence-corrected chi connectivity index (χ2v) is 9.22. The molecule has 1 saturated carbocycles. The Bertz CT molecular complexity index is 929. The molecule has 0 radical (unpaired) electrons. The van der Waals surface area contributed by atoms with Gasteiger partial charge in [0.2, 0.25) is 0 Å². The van der Waals surface area contributed by atoms with Crippen molar-refractivity contribution in [2.24, 2.45) is 16.8 Å². The van der Waals surface area contributed by atoms with Gasteiger partial charge in [0, 0.05) is 73.4 Å². The lowest BCUT2D eigenvalue weighted by molar-refractivity contribution is -0.212. The summed E-state index contributed by atoms with van der Waals surface area (Å²) in [6, 6.07) is 0.692. The molecule has 4 heterocycles.